The highest BCUT2D eigenvalue weighted by Gasteiger charge is 2.42. The number of hydrogen-bond donors (Lipinski definition) is 2. The fourth-order valence-electron chi connectivity index (χ4n) is 4.91. The zero-order valence-corrected chi connectivity index (χ0v) is 22.6. The molecule has 36 heavy (non-hydrogen) atoms. The second-order valence-corrected chi connectivity index (χ2v) is 11.6. The van der Waals surface area contributed by atoms with Crippen LogP contribution < -0.4 is 15.6 Å². The lowest BCUT2D eigenvalue weighted by Crippen LogP contribution is -2.47. The van der Waals surface area contributed by atoms with E-state index in [1.54, 1.807) is 25.6 Å². The highest BCUT2D eigenvalue weighted by Crippen LogP contribution is 2.44. The van der Waals surface area contributed by atoms with Crippen LogP contribution in [0, 0.1) is 13.8 Å². The van der Waals surface area contributed by atoms with E-state index in [2.05, 4.69) is 15.2 Å². The zero-order chi connectivity index (χ0) is 25.9. The molecule has 196 valence electrons. The number of carbonyl (C=O) groups excluding carboxylic acids is 2. The van der Waals surface area contributed by atoms with E-state index in [9.17, 15) is 19.5 Å². The van der Waals surface area contributed by atoms with E-state index in [0.29, 0.717) is 35.8 Å². The van der Waals surface area contributed by atoms with Crippen LogP contribution in [0.1, 0.15) is 65.9 Å². The summed E-state index contributed by atoms with van der Waals surface area (Å²) in [6.45, 7) is 7.04. The van der Waals surface area contributed by atoms with Crippen LogP contribution >= 0.6 is 23.1 Å². The number of ether oxygens (including phenoxy) is 1. The van der Waals surface area contributed by atoms with Crippen LogP contribution in [0.2, 0.25) is 0 Å². The normalized spacial score (nSPS) is 18.1. The number of hydrogen-bond acceptors (Lipinski definition) is 10. The second-order valence-electron chi connectivity index (χ2n) is 9.43. The summed E-state index contributed by atoms with van der Waals surface area (Å²) >= 11 is 3.15. The summed E-state index contributed by atoms with van der Waals surface area (Å²) in [6.07, 6.45) is 3.01. The summed E-state index contributed by atoms with van der Waals surface area (Å²) < 4.78 is 11.0. The lowest BCUT2D eigenvalue weighted by atomic mass is 9.75. The van der Waals surface area contributed by atoms with E-state index in [0.717, 1.165) is 42.6 Å². The molecule has 9 nitrogen and oxygen atoms in total. The van der Waals surface area contributed by atoms with Gasteiger partial charge in [0, 0.05) is 37.0 Å². The number of piperidine rings is 1. The van der Waals surface area contributed by atoms with Crippen molar-refractivity contribution in [3.05, 3.63) is 38.4 Å². The van der Waals surface area contributed by atoms with Crippen molar-refractivity contribution in [3.8, 4) is 5.75 Å². The molecule has 2 saturated heterocycles. The van der Waals surface area contributed by atoms with Gasteiger partial charge in [0.15, 0.2) is 10.9 Å². The van der Waals surface area contributed by atoms with Gasteiger partial charge in [0.05, 0.1) is 12.3 Å². The van der Waals surface area contributed by atoms with Crippen LogP contribution in [0.15, 0.2) is 15.3 Å². The van der Waals surface area contributed by atoms with Crippen molar-refractivity contribution >= 4 is 40.1 Å². The number of thiazole rings is 1. The topological polar surface area (TPSA) is 122 Å². The van der Waals surface area contributed by atoms with Gasteiger partial charge in [0.25, 0.3) is 0 Å². The number of aromatic hydroxyl groups is 1. The molecule has 0 saturated carbocycles. The Bertz CT molecular complexity index is 1160. The van der Waals surface area contributed by atoms with E-state index in [-0.39, 0.29) is 35.8 Å². The molecule has 1 amide bonds. The van der Waals surface area contributed by atoms with E-state index in [1.807, 2.05) is 6.92 Å². The lowest BCUT2D eigenvalue weighted by Gasteiger charge is -2.37. The molecule has 4 rings (SSSR count). The van der Waals surface area contributed by atoms with Crippen LogP contribution in [-0.2, 0) is 14.9 Å². The van der Waals surface area contributed by atoms with Gasteiger partial charge in [-0.15, -0.1) is 0 Å². The van der Waals surface area contributed by atoms with Crippen molar-refractivity contribution < 1.29 is 23.8 Å². The van der Waals surface area contributed by atoms with Gasteiger partial charge in [-0.1, -0.05) is 11.3 Å². The monoisotopic (exact) mass is 535 g/mol. The maximum Gasteiger partial charge on any atom is 0.350 e. The second kappa shape index (κ2) is 11.2. The van der Waals surface area contributed by atoms with Gasteiger partial charge in [0.1, 0.15) is 10.6 Å². The fourth-order valence-corrected chi connectivity index (χ4v) is 7.20. The SMILES string of the molecule is CCOC(=O)c1sc(N2CCC(NC(=O)CC3(c4oc(C)cc(=O)c4O)CCSCC3)CC2)nc1C. The van der Waals surface area contributed by atoms with Crippen molar-refractivity contribution in [1.29, 1.82) is 0 Å². The van der Waals surface area contributed by atoms with Gasteiger partial charge in [-0.25, -0.2) is 9.78 Å². The van der Waals surface area contributed by atoms with E-state index < -0.39 is 10.8 Å². The Morgan fingerprint density at radius 2 is 1.97 bits per heavy atom. The molecule has 0 unspecified atom stereocenters. The molecule has 4 heterocycles. The van der Waals surface area contributed by atoms with Crippen molar-refractivity contribution in [2.45, 2.75) is 64.3 Å². The number of anilines is 1. The zero-order valence-electron chi connectivity index (χ0n) is 20.9. The summed E-state index contributed by atoms with van der Waals surface area (Å²) in [7, 11) is 0. The van der Waals surface area contributed by atoms with E-state index in [1.165, 1.54) is 17.4 Å². The largest absolute Gasteiger partial charge is 0.502 e. The van der Waals surface area contributed by atoms with Crippen LogP contribution in [0.25, 0.3) is 0 Å². The fraction of sp³-hybridized carbons (Fsp3) is 0.600. The van der Waals surface area contributed by atoms with Gasteiger partial charge in [-0.05, 0) is 58.0 Å². The predicted octanol–water partition coefficient (Wildman–Crippen LogP) is 3.54. The highest BCUT2D eigenvalue weighted by atomic mass is 32.2. The van der Waals surface area contributed by atoms with Gasteiger partial charge in [-0.3, -0.25) is 9.59 Å². The Kier molecular flexibility index (Phi) is 8.29. The minimum atomic E-state index is -0.687. The Morgan fingerprint density at radius 1 is 1.28 bits per heavy atom. The van der Waals surface area contributed by atoms with Crippen molar-refractivity contribution in [1.82, 2.24) is 10.3 Å². The number of aromatic nitrogens is 1. The minimum absolute atomic E-state index is 0.0208. The highest BCUT2D eigenvalue weighted by molar-refractivity contribution is 7.99. The first kappa shape index (κ1) is 26.5. The molecule has 2 aromatic rings. The third-order valence-electron chi connectivity index (χ3n) is 6.85. The first-order valence-electron chi connectivity index (χ1n) is 12.3. The number of carbonyl (C=O) groups is 2. The Balaban J connectivity index is 1.39. The molecule has 0 aliphatic carbocycles. The van der Waals surface area contributed by atoms with E-state index >= 15 is 0 Å². The number of esters is 1. The van der Waals surface area contributed by atoms with Crippen molar-refractivity contribution in [3.63, 3.8) is 0 Å². The summed E-state index contributed by atoms with van der Waals surface area (Å²) in [5.41, 5.74) is -0.485. The molecule has 0 spiro atoms. The maximum atomic E-state index is 13.2. The molecule has 2 aliphatic rings. The standard InChI is InChI=1S/C25H33N3O6S2/c1-4-33-23(32)21-16(3)26-24(36-21)28-9-5-17(6-10-28)27-19(30)14-25(7-11-35-12-8-25)22-20(31)18(29)13-15(2)34-22/h13,17,31H,4-12,14H2,1-3H3,(H,27,30). The molecule has 0 aromatic carbocycles. The molecule has 0 atom stereocenters. The summed E-state index contributed by atoms with van der Waals surface area (Å²) in [4.78, 5) is 44.8. The van der Waals surface area contributed by atoms with Gasteiger partial charge >= 0.3 is 5.97 Å². The average Bonchev–Trinajstić information content (AvgIpc) is 3.24. The van der Waals surface area contributed by atoms with Gasteiger partial charge in [0.2, 0.25) is 17.1 Å². The average molecular weight is 536 g/mol. The molecule has 0 bridgehead atoms. The lowest BCUT2D eigenvalue weighted by molar-refractivity contribution is -0.123. The quantitative estimate of drug-likeness (QED) is 0.513. The summed E-state index contributed by atoms with van der Waals surface area (Å²) in [5, 5.41) is 14.5. The Hall–Kier alpha value is -2.53. The number of amides is 1. The Morgan fingerprint density at radius 3 is 2.64 bits per heavy atom. The molecular formula is C25H33N3O6S2. The third-order valence-corrected chi connectivity index (χ3v) is 9.04. The maximum absolute atomic E-state index is 13.2. The molecule has 2 fully saturated rings. The number of nitrogens with one attached hydrogen (secondary N) is 1. The molecule has 0 radical (unpaired) electrons. The molecule has 2 aliphatic heterocycles. The number of aryl methyl sites for hydroxylation is 2. The van der Waals surface area contributed by atoms with Crippen molar-refractivity contribution in [2.24, 2.45) is 0 Å². The molecule has 2 aromatic heterocycles. The van der Waals surface area contributed by atoms with Gasteiger partial charge < -0.3 is 24.5 Å². The van der Waals surface area contributed by atoms with Crippen LogP contribution in [0.5, 0.6) is 5.75 Å². The molecule has 11 heteroatoms. The van der Waals surface area contributed by atoms with Crippen LogP contribution in [-0.4, -0.2) is 59.2 Å². The van der Waals surface area contributed by atoms with E-state index in [4.69, 9.17) is 9.15 Å². The molecule has 2 N–H and O–H groups in total. The molecular weight excluding hydrogens is 502 g/mol. The number of rotatable bonds is 7. The minimum Gasteiger partial charge on any atom is -0.502 e. The number of nitrogens with zero attached hydrogens (tertiary/aromatic N) is 2. The van der Waals surface area contributed by atoms with Crippen molar-refractivity contribution in [2.75, 3.05) is 36.1 Å². The van der Waals surface area contributed by atoms with Crippen LogP contribution in [0.3, 0.4) is 0 Å². The predicted molar refractivity (Wildman–Crippen MR) is 140 cm³/mol. The third kappa shape index (κ3) is 5.72. The first-order valence-corrected chi connectivity index (χ1v) is 14.3. The summed E-state index contributed by atoms with van der Waals surface area (Å²) in [5.74, 6) is 1.53. The first-order chi connectivity index (χ1) is 17.2. The summed E-state index contributed by atoms with van der Waals surface area (Å²) in [6, 6.07) is 1.30. The van der Waals surface area contributed by atoms with Gasteiger partial charge in [-0.2, -0.15) is 11.8 Å². The van der Waals surface area contributed by atoms with Crippen LogP contribution in [0.4, 0.5) is 5.13 Å². The number of thioether (sulfide) groups is 1. The smallest absolute Gasteiger partial charge is 0.350 e. The Labute approximate surface area is 218 Å².